The van der Waals surface area contributed by atoms with Crippen LogP contribution < -0.4 is 5.73 Å². The lowest BCUT2D eigenvalue weighted by Gasteiger charge is -2.28. The second-order valence-electron chi connectivity index (χ2n) is 8.36. The van der Waals surface area contributed by atoms with Gasteiger partial charge < -0.3 is 15.2 Å². The average molecular weight is 510 g/mol. The van der Waals surface area contributed by atoms with Gasteiger partial charge in [0.05, 0.1) is 30.5 Å². The van der Waals surface area contributed by atoms with Crippen LogP contribution in [-0.4, -0.2) is 61.5 Å². The number of rotatable bonds is 5. The van der Waals surface area contributed by atoms with Gasteiger partial charge in [-0.2, -0.15) is 0 Å². The maximum atomic E-state index is 12.7. The molecule has 0 radical (unpaired) electrons. The highest BCUT2D eigenvalue weighted by atomic mass is 19.3. The number of nitrogens with zero attached hydrogens (tertiary/aromatic N) is 6. The number of imidazole rings is 1. The standard InChI is InChI=1S/C17H18F2N6.C6H11F2N.C2H6/c1-10(13-6-7-25-15(13)8-21-17(20)23-25)4-5-14-11(2)24(9-16(18)19)12(3)22-14;1-9-4-2-3-6(7,8)5-9;1-2/h4-8,16H,1,9H2,2-3H3,(H2,20,23);2-5H2,1H3;1-2H3/b5-4-;;. The number of piperidine rings is 1. The summed E-state index contributed by atoms with van der Waals surface area (Å²) in [6, 6.07) is 1.86. The fraction of sp³-hybridized carbons (Fsp3) is 0.480. The maximum Gasteiger partial charge on any atom is 0.260 e. The molecule has 0 unspecified atom stereocenters. The molecule has 4 heterocycles. The number of hydrogen-bond acceptors (Lipinski definition) is 5. The highest BCUT2D eigenvalue weighted by molar-refractivity contribution is 5.85. The van der Waals surface area contributed by atoms with Gasteiger partial charge in [-0.3, -0.25) is 0 Å². The summed E-state index contributed by atoms with van der Waals surface area (Å²) < 4.78 is 53.3. The van der Waals surface area contributed by atoms with Crippen molar-refractivity contribution in [1.82, 2.24) is 29.0 Å². The van der Waals surface area contributed by atoms with Crippen LogP contribution in [0.15, 0.2) is 31.1 Å². The van der Waals surface area contributed by atoms with Crippen molar-refractivity contribution >= 4 is 23.1 Å². The molecule has 11 heteroatoms. The Morgan fingerprint density at radius 3 is 2.56 bits per heavy atom. The minimum Gasteiger partial charge on any atom is -0.367 e. The van der Waals surface area contributed by atoms with Crippen LogP contribution in [-0.2, 0) is 6.54 Å². The second-order valence-corrected chi connectivity index (χ2v) is 8.36. The van der Waals surface area contributed by atoms with Crippen LogP contribution in [0.2, 0.25) is 0 Å². The van der Waals surface area contributed by atoms with E-state index in [1.165, 1.54) is 4.57 Å². The van der Waals surface area contributed by atoms with Crippen LogP contribution >= 0.6 is 0 Å². The lowest BCUT2D eigenvalue weighted by Crippen LogP contribution is -2.39. The first-order chi connectivity index (χ1) is 17.0. The fourth-order valence-corrected chi connectivity index (χ4v) is 3.88. The summed E-state index contributed by atoms with van der Waals surface area (Å²) in [6.07, 6.45) is 5.25. The van der Waals surface area contributed by atoms with Crippen LogP contribution in [0.4, 0.5) is 23.5 Å². The zero-order valence-electron chi connectivity index (χ0n) is 21.5. The highest BCUT2D eigenvalue weighted by Gasteiger charge is 2.33. The number of nitrogens with two attached hydrogens (primary N) is 1. The van der Waals surface area contributed by atoms with E-state index in [4.69, 9.17) is 5.73 Å². The van der Waals surface area contributed by atoms with Crippen LogP contribution in [0.5, 0.6) is 0 Å². The molecule has 4 rings (SSSR count). The van der Waals surface area contributed by atoms with Crippen molar-refractivity contribution in [1.29, 1.82) is 0 Å². The number of aryl methyl sites for hydroxylation is 1. The van der Waals surface area contributed by atoms with Crippen molar-refractivity contribution in [2.75, 3.05) is 25.9 Å². The third-order valence-corrected chi connectivity index (χ3v) is 5.58. The summed E-state index contributed by atoms with van der Waals surface area (Å²) in [6.45, 7) is 11.9. The molecule has 2 N–H and O–H groups in total. The van der Waals surface area contributed by atoms with Gasteiger partial charge >= 0.3 is 0 Å². The first kappa shape index (κ1) is 29.0. The van der Waals surface area contributed by atoms with E-state index < -0.39 is 12.3 Å². The van der Waals surface area contributed by atoms with Crippen molar-refractivity contribution in [3.63, 3.8) is 0 Å². The SMILES string of the molecule is C=C(/C=C\c1nc(C)n(CC(F)F)c1C)c1ccn2nc(N)ncc12.CC.CN1CCCC(F)(F)C1. The smallest absolute Gasteiger partial charge is 0.260 e. The topological polar surface area (TPSA) is 77.3 Å². The molecule has 7 nitrogen and oxygen atoms in total. The lowest BCUT2D eigenvalue weighted by molar-refractivity contribution is -0.0571. The van der Waals surface area contributed by atoms with Crippen molar-refractivity contribution in [3.8, 4) is 0 Å². The Hall–Kier alpha value is -3.21. The number of fused-ring (bicyclic) bond motifs is 1. The predicted octanol–water partition coefficient (Wildman–Crippen LogP) is 5.49. The molecule has 0 spiro atoms. The Kier molecular flexibility index (Phi) is 10.2. The van der Waals surface area contributed by atoms with Crippen molar-refractivity contribution in [3.05, 3.63) is 53.9 Å². The summed E-state index contributed by atoms with van der Waals surface area (Å²) in [4.78, 5) is 10.0. The molecule has 0 saturated carbocycles. The summed E-state index contributed by atoms with van der Waals surface area (Å²) in [7, 11) is 1.73. The normalized spacial score (nSPS) is 15.5. The number of aromatic nitrogens is 5. The molecule has 1 aliphatic rings. The molecule has 3 aromatic rings. The molecule has 1 saturated heterocycles. The Labute approximate surface area is 209 Å². The molecule has 0 aromatic carbocycles. The van der Waals surface area contributed by atoms with Gasteiger partial charge in [0.2, 0.25) is 5.95 Å². The van der Waals surface area contributed by atoms with E-state index in [1.807, 2.05) is 19.9 Å². The minimum atomic E-state index is -2.42. The number of halogens is 4. The largest absolute Gasteiger partial charge is 0.367 e. The van der Waals surface area contributed by atoms with E-state index in [0.717, 1.165) is 23.2 Å². The number of nitrogen functional groups attached to an aromatic ring is 1. The lowest BCUT2D eigenvalue weighted by atomic mass is 10.1. The molecule has 0 atom stereocenters. The second kappa shape index (κ2) is 12.7. The third kappa shape index (κ3) is 7.64. The Bertz CT molecular complexity index is 1180. The van der Waals surface area contributed by atoms with Crippen LogP contribution in [0, 0.1) is 13.8 Å². The van der Waals surface area contributed by atoms with E-state index in [1.54, 1.807) is 54.9 Å². The number of anilines is 1. The van der Waals surface area contributed by atoms with E-state index in [-0.39, 0.29) is 25.5 Å². The monoisotopic (exact) mass is 509 g/mol. The molecule has 0 aliphatic carbocycles. The number of alkyl halides is 4. The number of allylic oxidation sites excluding steroid dienone is 2. The maximum absolute atomic E-state index is 12.7. The molecule has 36 heavy (non-hydrogen) atoms. The van der Waals surface area contributed by atoms with E-state index in [0.29, 0.717) is 23.6 Å². The third-order valence-electron chi connectivity index (χ3n) is 5.58. The minimum absolute atomic E-state index is 0.0625. The molecule has 0 amide bonds. The molecule has 3 aromatic heterocycles. The van der Waals surface area contributed by atoms with Gasteiger partial charge in [-0.1, -0.05) is 26.5 Å². The number of likely N-dealkylation sites (tertiary alicyclic amines) is 1. The van der Waals surface area contributed by atoms with Gasteiger partial charge in [0.15, 0.2) is 0 Å². The van der Waals surface area contributed by atoms with Gasteiger partial charge in [0.25, 0.3) is 12.3 Å². The molecular weight excluding hydrogens is 474 g/mol. The zero-order chi connectivity index (χ0) is 27.0. The fourth-order valence-electron chi connectivity index (χ4n) is 3.88. The van der Waals surface area contributed by atoms with Crippen molar-refractivity contribution in [2.24, 2.45) is 0 Å². The van der Waals surface area contributed by atoms with E-state index in [2.05, 4.69) is 21.6 Å². The molecular formula is C25H35F4N7. The van der Waals surface area contributed by atoms with Crippen LogP contribution in [0.25, 0.3) is 17.2 Å². The Morgan fingerprint density at radius 1 is 1.28 bits per heavy atom. The Morgan fingerprint density at radius 2 is 1.97 bits per heavy atom. The number of hydrogen-bond donors (Lipinski definition) is 1. The molecule has 0 bridgehead atoms. The van der Waals surface area contributed by atoms with Crippen molar-refractivity contribution < 1.29 is 17.6 Å². The van der Waals surface area contributed by atoms with Gasteiger partial charge in [0.1, 0.15) is 5.82 Å². The predicted molar refractivity (Wildman–Crippen MR) is 136 cm³/mol. The van der Waals surface area contributed by atoms with Gasteiger partial charge in [0, 0.05) is 23.9 Å². The average Bonchev–Trinajstić information content (AvgIpc) is 3.34. The van der Waals surface area contributed by atoms with Crippen LogP contribution in [0.3, 0.4) is 0 Å². The summed E-state index contributed by atoms with van der Waals surface area (Å²) in [5.41, 5.74) is 9.27. The van der Waals surface area contributed by atoms with Gasteiger partial charge in [-0.05, 0) is 51.6 Å². The highest BCUT2D eigenvalue weighted by Crippen LogP contribution is 2.25. The summed E-state index contributed by atoms with van der Waals surface area (Å²) in [5, 5.41) is 4.09. The summed E-state index contributed by atoms with van der Waals surface area (Å²) >= 11 is 0. The van der Waals surface area contributed by atoms with Gasteiger partial charge in [-0.15, -0.1) is 5.10 Å². The first-order valence-electron chi connectivity index (χ1n) is 11.8. The van der Waals surface area contributed by atoms with Crippen molar-refractivity contribution in [2.45, 2.75) is 59.4 Å². The molecule has 1 aliphatic heterocycles. The van der Waals surface area contributed by atoms with E-state index >= 15 is 0 Å². The molecule has 198 valence electrons. The van der Waals surface area contributed by atoms with Gasteiger partial charge in [-0.25, -0.2) is 32.0 Å². The quantitative estimate of drug-likeness (QED) is 0.364. The molecule has 1 fully saturated rings. The zero-order valence-corrected chi connectivity index (χ0v) is 21.5. The first-order valence-corrected chi connectivity index (χ1v) is 11.8. The summed E-state index contributed by atoms with van der Waals surface area (Å²) in [5.74, 6) is -1.68. The van der Waals surface area contributed by atoms with Crippen LogP contribution in [0.1, 0.15) is 49.5 Å². The Balaban J connectivity index is 0.000000347. The van der Waals surface area contributed by atoms with E-state index in [9.17, 15) is 17.6 Å².